The van der Waals surface area contributed by atoms with Gasteiger partial charge < -0.3 is 10.4 Å². The number of hydrogen-bond donors (Lipinski definition) is 2. The second-order valence-electron chi connectivity index (χ2n) is 4.76. The number of nitro benzene ring substituents is 1. The van der Waals surface area contributed by atoms with Gasteiger partial charge in [-0.1, -0.05) is 20.8 Å². The molecule has 1 aromatic rings. The van der Waals surface area contributed by atoms with E-state index in [2.05, 4.69) is 26.1 Å². The third-order valence-corrected chi connectivity index (χ3v) is 3.86. The maximum atomic E-state index is 11.0. The number of carboxylic acid groups (broad SMARTS) is 1. The minimum absolute atomic E-state index is 0.126. The van der Waals surface area contributed by atoms with Crippen molar-refractivity contribution < 1.29 is 14.8 Å². The largest absolute Gasteiger partial charge is 0.477 e. The molecule has 0 aliphatic rings. The fourth-order valence-electron chi connectivity index (χ4n) is 2.26. The standard InChI is InChI=1S/C14H20N2O4/c1-4-14(5-2,6-3)15-10-7-8-11(13(17)18)12(9-10)16(19)20/h7-9,15H,4-6H2,1-3H3,(H,17,18). The number of anilines is 1. The van der Waals surface area contributed by atoms with Crippen LogP contribution < -0.4 is 5.32 Å². The number of carbonyl (C=O) groups is 1. The lowest BCUT2D eigenvalue weighted by Crippen LogP contribution is -2.36. The lowest BCUT2D eigenvalue weighted by atomic mass is 9.89. The molecule has 1 rings (SSSR count). The molecule has 1 aromatic carbocycles. The maximum Gasteiger partial charge on any atom is 0.342 e. The predicted octanol–water partition coefficient (Wildman–Crippen LogP) is 3.67. The van der Waals surface area contributed by atoms with E-state index in [-0.39, 0.29) is 16.8 Å². The Labute approximate surface area is 118 Å². The molecule has 2 N–H and O–H groups in total. The van der Waals surface area contributed by atoms with Gasteiger partial charge in [-0.2, -0.15) is 0 Å². The molecule has 0 aliphatic carbocycles. The van der Waals surface area contributed by atoms with Crippen molar-refractivity contribution in [3.63, 3.8) is 0 Å². The predicted molar refractivity (Wildman–Crippen MR) is 77.3 cm³/mol. The molecule has 6 nitrogen and oxygen atoms in total. The highest BCUT2D eigenvalue weighted by molar-refractivity contribution is 5.93. The van der Waals surface area contributed by atoms with E-state index in [1.54, 1.807) is 6.07 Å². The Morgan fingerprint density at radius 1 is 1.30 bits per heavy atom. The average molecular weight is 280 g/mol. The highest BCUT2D eigenvalue weighted by Crippen LogP contribution is 2.29. The van der Waals surface area contributed by atoms with Crippen LogP contribution in [-0.2, 0) is 0 Å². The zero-order valence-electron chi connectivity index (χ0n) is 12.0. The summed E-state index contributed by atoms with van der Waals surface area (Å²) in [6.07, 6.45) is 2.65. The second kappa shape index (κ2) is 6.36. The van der Waals surface area contributed by atoms with Gasteiger partial charge in [-0.3, -0.25) is 10.1 Å². The Hall–Kier alpha value is -2.11. The second-order valence-corrected chi connectivity index (χ2v) is 4.76. The van der Waals surface area contributed by atoms with Crippen molar-refractivity contribution in [3.8, 4) is 0 Å². The Kier molecular flexibility index (Phi) is 5.07. The smallest absolute Gasteiger partial charge is 0.342 e. The van der Waals surface area contributed by atoms with E-state index in [1.165, 1.54) is 12.1 Å². The zero-order chi connectivity index (χ0) is 15.3. The highest BCUT2D eigenvalue weighted by Gasteiger charge is 2.26. The van der Waals surface area contributed by atoms with Crippen LogP contribution in [0.25, 0.3) is 0 Å². The molecule has 0 amide bonds. The molecule has 110 valence electrons. The third kappa shape index (κ3) is 3.26. The van der Waals surface area contributed by atoms with Gasteiger partial charge in [-0.05, 0) is 31.4 Å². The lowest BCUT2D eigenvalue weighted by molar-refractivity contribution is -0.385. The molecule has 0 spiro atoms. The molecule has 0 radical (unpaired) electrons. The lowest BCUT2D eigenvalue weighted by Gasteiger charge is -2.33. The van der Waals surface area contributed by atoms with Crippen LogP contribution in [0.3, 0.4) is 0 Å². The summed E-state index contributed by atoms with van der Waals surface area (Å²) in [6, 6.07) is 4.14. The first-order chi connectivity index (χ1) is 9.39. The van der Waals surface area contributed by atoms with Gasteiger partial charge in [0, 0.05) is 17.3 Å². The number of benzene rings is 1. The minimum atomic E-state index is -1.30. The molecule has 0 aromatic heterocycles. The van der Waals surface area contributed by atoms with Crippen LogP contribution in [0.1, 0.15) is 50.4 Å². The number of aromatic carboxylic acids is 1. The van der Waals surface area contributed by atoms with Gasteiger partial charge in [-0.15, -0.1) is 0 Å². The van der Waals surface area contributed by atoms with Crippen molar-refractivity contribution in [2.75, 3.05) is 5.32 Å². The van der Waals surface area contributed by atoms with E-state index >= 15 is 0 Å². The Balaban J connectivity index is 3.19. The number of hydrogen-bond acceptors (Lipinski definition) is 4. The summed E-state index contributed by atoms with van der Waals surface area (Å²) in [5.74, 6) is -1.30. The summed E-state index contributed by atoms with van der Waals surface area (Å²) in [6.45, 7) is 6.17. The number of nitro groups is 1. The van der Waals surface area contributed by atoms with Crippen LogP contribution in [-0.4, -0.2) is 21.5 Å². The van der Waals surface area contributed by atoms with Gasteiger partial charge in [0.25, 0.3) is 5.69 Å². The van der Waals surface area contributed by atoms with Crippen LogP contribution in [0.4, 0.5) is 11.4 Å². The van der Waals surface area contributed by atoms with Gasteiger partial charge in [0.05, 0.1) is 4.92 Å². The Bertz CT molecular complexity index is 502. The number of carboxylic acids is 1. The molecular weight excluding hydrogens is 260 g/mol. The summed E-state index contributed by atoms with van der Waals surface area (Å²) in [5.41, 5.74) is -0.235. The summed E-state index contributed by atoms with van der Waals surface area (Å²) >= 11 is 0. The molecule has 0 bridgehead atoms. The molecule has 0 atom stereocenters. The summed E-state index contributed by atoms with van der Waals surface area (Å²) in [7, 11) is 0. The van der Waals surface area contributed by atoms with Crippen LogP contribution in [0.5, 0.6) is 0 Å². The van der Waals surface area contributed by atoms with Crippen molar-refractivity contribution in [1.82, 2.24) is 0 Å². The molecular formula is C14H20N2O4. The fourth-order valence-corrected chi connectivity index (χ4v) is 2.26. The van der Waals surface area contributed by atoms with Crippen LogP contribution in [0.2, 0.25) is 0 Å². The summed E-state index contributed by atoms with van der Waals surface area (Å²) in [5, 5.41) is 23.2. The van der Waals surface area contributed by atoms with Gasteiger partial charge in [0.15, 0.2) is 0 Å². The normalized spacial score (nSPS) is 11.2. The van der Waals surface area contributed by atoms with E-state index in [1.807, 2.05) is 0 Å². The third-order valence-electron chi connectivity index (χ3n) is 3.86. The van der Waals surface area contributed by atoms with Crippen LogP contribution in [0, 0.1) is 10.1 Å². The minimum Gasteiger partial charge on any atom is -0.477 e. The number of nitrogens with one attached hydrogen (secondary N) is 1. The monoisotopic (exact) mass is 280 g/mol. The van der Waals surface area contributed by atoms with E-state index in [9.17, 15) is 14.9 Å². The Morgan fingerprint density at radius 3 is 2.25 bits per heavy atom. The molecule has 0 saturated heterocycles. The first kappa shape index (κ1) is 15.9. The van der Waals surface area contributed by atoms with E-state index in [0.717, 1.165) is 19.3 Å². The van der Waals surface area contributed by atoms with E-state index in [4.69, 9.17) is 5.11 Å². The van der Waals surface area contributed by atoms with Crippen molar-refractivity contribution in [2.24, 2.45) is 0 Å². The average Bonchev–Trinajstić information content (AvgIpc) is 2.44. The summed E-state index contributed by atoms with van der Waals surface area (Å²) < 4.78 is 0. The van der Waals surface area contributed by atoms with E-state index < -0.39 is 10.9 Å². The zero-order valence-corrected chi connectivity index (χ0v) is 12.0. The quantitative estimate of drug-likeness (QED) is 0.587. The van der Waals surface area contributed by atoms with Gasteiger partial charge in [0.2, 0.25) is 0 Å². The molecule has 0 heterocycles. The Morgan fingerprint density at radius 2 is 1.85 bits per heavy atom. The van der Waals surface area contributed by atoms with Crippen molar-refractivity contribution in [2.45, 2.75) is 45.6 Å². The maximum absolute atomic E-state index is 11.0. The summed E-state index contributed by atoms with van der Waals surface area (Å²) in [4.78, 5) is 21.3. The SMILES string of the molecule is CCC(CC)(CC)Nc1ccc(C(=O)O)c([N+](=O)[O-])c1. The van der Waals surface area contributed by atoms with Crippen LogP contribution in [0.15, 0.2) is 18.2 Å². The van der Waals surface area contributed by atoms with Crippen LogP contribution >= 0.6 is 0 Å². The topological polar surface area (TPSA) is 92.5 Å². The highest BCUT2D eigenvalue weighted by atomic mass is 16.6. The fraction of sp³-hybridized carbons (Fsp3) is 0.500. The number of nitrogens with zero attached hydrogens (tertiary/aromatic N) is 1. The molecule has 0 aliphatic heterocycles. The van der Waals surface area contributed by atoms with Gasteiger partial charge in [0.1, 0.15) is 5.56 Å². The molecule has 0 fully saturated rings. The van der Waals surface area contributed by atoms with Gasteiger partial charge >= 0.3 is 5.97 Å². The first-order valence-corrected chi connectivity index (χ1v) is 6.69. The molecule has 6 heteroatoms. The molecule has 0 unspecified atom stereocenters. The van der Waals surface area contributed by atoms with Crippen molar-refractivity contribution in [3.05, 3.63) is 33.9 Å². The molecule has 0 saturated carbocycles. The first-order valence-electron chi connectivity index (χ1n) is 6.69. The number of rotatable bonds is 7. The van der Waals surface area contributed by atoms with Gasteiger partial charge in [-0.25, -0.2) is 4.79 Å². The van der Waals surface area contributed by atoms with Crippen molar-refractivity contribution >= 4 is 17.3 Å². The van der Waals surface area contributed by atoms with Crippen molar-refractivity contribution in [1.29, 1.82) is 0 Å². The van der Waals surface area contributed by atoms with E-state index in [0.29, 0.717) is 5.69 Å². The molecule has 20 heavy (non-hydrogen) atoms.